The van der Waals surface area contributed by atoms with Gasteiger partial charge in [0.1, 0.15) is 6.10 Å². The molecule has 1 aliphatic heterocycles. The van der Waals surface area contributed by atoms with Crippen molar-refractivity contribution in [1.29, 1.82) is 0 Å². The Kier molecular flexibility index (Phi) is 5.73. The molecule has 2 N–H and O–H groups in total. The molecule has 1 aliphatic carbocycles. The van der Waals surface area contributed by atoms with E-state index in [2.05, 4.69) is 10.3 Å². The first-order valence-corrected chi connectivity index (χ1v) is 8.99. The summed E-state index contributed by atoms with van der Waals surface area (Å²) in [5.41, 5.74) is 0.920. The van der Waals surface area contributed by atoms with Gasteiger partial charge in [-0.05, 0) is 50.2 Å². The molecule has 0 spiro atoms. The van der Waals surface area contributed by atoms with Crippen LogP contribution in [0.1, 0.15) is 44.1 Å². The molecule has 1 saturated carbocycles. The summed E-state index contributed by atoms with van der Waals surface area (Å²) in [6.07, 6.45) is 7.84. The Morgan fingerprint density at radius 2 is 2.08 bits per heavy atom. The summed E-state index contributed by atoms with van der Waals surface area (Å²) in [7, 11) is 0. The van der Waals surface area contributed by atoms with Crippen molar-refractivity contribution in [2.75, 3.05) is 13.1 Å². The Bertz CT molecular complexity index is 616. The molecule has 2 heterocycles. The molecule has 0 radical (unpaired) electrons. The van der Waals surface area contributed by atoms with Crippen LogP contribution in [-0.2, 0) is 11.3 Å². The van der Waals surface area contributed by atoms with Gasteiger partial charge in [0.2, 0.25) is 5.88 Å². The minimum atomic E-state index is -0.833. The van der Waals surface area contributed by atoms with Crippen LogP contribution in [0, 0.1) is 5.92 Å². The summed E-state index contributed by atoms with van der Waals surface area (Å²) in [6.45, 7) is 1.24. The Balaban J connectivity index is 1.50. The van der Waals surface area contributed by atoms with Crippen LogP contribution in [-0.4, -0.2) is 46.2 Å². The van der Waals surface area contributed by atoms with E-state index in [1.807, 2.05) is 12.1 Å². The van der Waals surface area contributed by atoms with E-state index in [0.717, 1.165) is 24.8 Å². The molecular weight excluding hydrogens is 322 g/mol. The van der Waals surface area contributed by atoms with Crippen LogP contribution in [0.2, 0.25) is 0 Å². The van der Waals surface area contributed by atoms with Crippen molar-refractivity contribution in [2.45, 2.75) is 51.2 Å². The maximum Gasteiger partial charge on any atom is 0.317 e. The van der Waals surface area contributed by atoms with E-state index in [0.29, 0.717) is 25.4 Å². The van der Waals surface area contributed by atoms with Crippen LogP contribution in [0.15, 0.2) is 18.3 Å². The van der Waals surface area contributed by atoms with E-state index < -0.39 is 11.9 Å². The molecular formula is C18H25N3O4. The highest BCUT2D eigenvalue weighted by Gasteiger charge is 2.28. The minimum Gasteiger partial charge on any atom is -0.481 e. The molecule has 2 fully saturated rings. The second kappa shape index (κ2) is 8.18. The number of carboxylic acids is 1. The van der Waals surface area contributed by atoms with Crippen molar-refractivity contribution in [3.05, 3.63) is 23.9 Å². The summed E-state index contributed by atoms with van der Waals surface area (Å²) in [5, 5.41) is 12.0. The van der Waals surface area contributed by atoms with Crippen molar-refractivity contribution >= 4 is 12.0 Å². The summed E-state index contributed by atoms with van der Waals surface area (Å²) < 4.78 is 5.88. The highest BCUT2D eigenvalue weighted by atomic mass is 16.5. The lowest BCUT2D eigenvalue weighted by Gasteiger charge is -2.30. The van der Waals surface area contributed by atoms with E-state index in [1.165, 1.54) is 12.8 Å². The molecule has 7 heteroatoms. The molecule has 1 aromatic heterocycles. The van der Waals surface area contributed by atoms with Gasteiger partial charge in [0.15, 0.2) is 0 Å². The maximum atomic E-state index is 12.3. The van der Waals surface area contributed by atoms with Crippen molar-refractivity contribution in [1.82, 2.24) is 15.2 Å². The summed E-state index contributed by atoms with van der Waals surface area (Å²) in [5.74, 6) is -0.699. The van der Waals surface area contributed by atoms with E-state index in [1.54, 1.807) is 11.1 Å². The van der Waals surface area contributed by atoms with Crippen LogP contribution >= 0.6 is 0 Å². The Hall–Kier alpha value is -2.31. The number of carbonyl (C=O) groups excluding carboxylic acids is 1. The summed E-state index contributed by atoms with van der Waals surface area (Å²) >= 11 is 0. The first kappa shape index (κ1) is 17.5. The standard InChI is InChI=1S/C18H25N3O4/c22-17(23)14-4-3-9-21(12-14)18(24)20-11-13-7-8-19-16(10-13)25-15-5-1-2-6-15/h7-8,10,14-15H,1-6,9,11-12H2,(H,20,24)(H,22,23). The fraction of sp³-hybridized carbons (Fsp3) is 0.611. The predicted octanol–water partition coefficient (Wildman–Crippen LogP) is 2.41. The van der Waals surface area contributed by atoms with Gasteiger partial charge in [-0.25, -0.2) is 9.78 Å². The zero-order chi connectivity index (χ0) is 17.6. The van der Waals surface area contributed by atoms with E-state index >= 15 is 0 Å². The van der Waals surface area contributed by atoms with Crippen LogP contribution in [0.4, 0.5) is 4.79 Å². The second-order valence-corrected chi connectivity index (χ2v) is 6.81. The minimum absolute atomic E-state index is 0.221. The number of ether oxygens (including phenoxy) is 1. The zero-order valence-corrected chi connectivity index (χ0v) is 14.3. The number of pyridine rings is 1. The van der Waals surface area contributed by atoms with Crippen molar-refractivity contribution in [3.63, 3.8) is 0 Å². The first-order chi connectivity index (χ1) is 12.1. The molecule has 3 rings (SSSR count). The molecule has 1 atom stereocenters. The van der Waals surface area contributed by atoms with Crippen LogP contribution in [0.3, 0.4) is 0 Å². The normalized spacial score (nSPS) is 21.1. The number of aromatic nitrogens is 1. The average molecular weight is 347 g/mol. The van der Waals surface area contributed by atoms with Gasteiger partial charge >= 0.3 is 12.0 Å². The predicted molar refractivity (Wildman–Crippen MR) is 91.3 cm³/mol. The number of likely N-dealkylation sites (tertiary alicyclic amines) is 1. The molecule has 1 aromatic rings. The number of hydrogen-bond donors (Lipinski definition) is 2. The van der Waals surface area contributed by atoms with Crippen LogP contribution < -0.4 is 10.1 Å². The molecule has 7 nitrogen and oxygen atoms in total. The molecule has 1 saturated heterocycles. The Morgan fingerprint density at radius 1 is 1.28 bits per heavy atom. The highest BCUT2D eigenvalue weighted by molar-refractivity contribution is 5.76. The monoisotopic (exact) mass is 347 g/mol. The first-order valence-electron chi connectivity index (χ1n) is 8.99. The third-order valence-corrected chi connectivity index (χ3v) is 4.89. The molecule has 2 amide bonds. The fourth-order valence-corrected chi connectivity index (χ4v) is 3.45. The third kappa shape index (κ3) is 4.84. The quantitative estimate of drug-likeness (QED) is 0.853. The number of aliphatic carboxylic acids is 1. The molecule has 2 aliphatic rings. The molecule has 0 bridgehead atoms. The van der Waals surface area contributed by atoms with Crippen molar-refractivity contribution < 1.29 is 19.4 Å². The van der Waals surface area contributed by atoms with E-state index in [9.17, 15) is 9.59 Å². The van der Waals surface area contributed by atoms with Gasteiger partial charge in [0.25, 0.3) is 0 Å². The molecule has 25 heavy (non-hydrogen) atoms. The number of amides is 2. The van der Waals surface area contributed by atoms with Gasteiger partial charge in [0.05, 0.1) is 5.92 Å². The van der Waals surface area contributed by atoms with Crippen LogP contribution in [0.5, 0.6) is 5.88 Å². The number of carboxylic acid groups (broad SMARTS) is 1. The fourth-order valence-electron chi connectivity index (χ4n) is 3.45. The lowest BCUT2D eigenvalue weighted by Crippen LogP contribution is -2.46. The number of hydrogen-bond acceptors (Lipinski definition) is 4. The second-order valence-electron chi connectivity index (χ2n) is 6.81. The smallest absolute Gasteiger partial charge is 0.317 e. The van der Waals surface area contributed by atoms with Gasteiger partial charge in [0, 0.05) is 31.9 Å². The van der Waals surface area contributed by atoms with Gasteiger partial charge in [-0.3, -0.25) is 4.79 Å². The number of nitrogens with zero attached hydrogens (tertiary/aromatic N) is 2. The summed E-state index contributed by atoms with van der Waals surface area (Å²) in [6, 6.07) is 3.48. The average Bonchev–Trinajstić information content (AvgIpc) is 3.13. The number of piperidine rings is 1. The topological polar surface area (TPSA) is 91.8 Å². The van der Waals surface area contributed by atoms with Gasteiger partial charge < -0.3 is 20.1 Å². The number of rotatable bonds is 5. The maximum absolute atomic E-state index is 12.3. The lowest BCUT2D eigenvalue weighted by atomic mass is 9.99. The third-order valence-electron chi connectivity index (χ3n) is 4.89. The Morgan fingerprint density at radius 3 is 2.84 bits per heavy atom. The van der Waals surface area contributed by atoms with Crippen molar-refractivity contribution in [2.24, 2.45) is 5.92 Å². The molecule has 0 aromatic carbocycles. The number of carbonyl (C=O) groups is 2. The zero-order valence-electron chi connectivity index (χ0n) is 14.3. The Labute approximate surface area is 147 Å². The SMILES string of the molecule is O=C(O)C1CCCN(C(=O)NCc2ccnc(OC3CCCC3)c2)C1. The molecule has 136 valence electrons. The van der Waals surface area contributed by atoms with Crippen molar-refractivity contribution in [3.8, 4) is 5.88 Å². The molecule has 1 unspecified atom stereocenters. The van der Waals surface area contributed by atoms with E-state index in [4.69, 9.17) is 9.84 Å². The largest absolute Gasteiger partial charge is 0.481 e. The van der Waals surface area contributed by atoms with E-state index in [-0.39, 0.29) is 18.7 Å². The number of nitrogens with one attached hydrogen (secondary N) is 1. The highest BCUT2D eigenvalue weighted by Crippen LogP contribution is 2.23. The lowest BCUT2D eigenvalue weighted by molar-refractivity contribution is -0.143. The summed E-state index contributed by atoms with van der Waals surface area (Å²) in [4.78, 5) is 29.2. The van der Waals surface area contributed by atoms with Gasteiger partial charge in [-0.15, -0.1) is 0 Å². The van der Waals surface area contributed by atoms with Gasteiger partial charge in [-0.1, -0.05) is 0 Å². The van der Waals surface area contributed by atoms with Gasteiger partial charge in [-0.2, -0.15) is 0 Å². The number of urea groups is 1. The van der Waals surface area contributed by atoms with Crippen LogP contribution in [0.25, 0.3) is 0 Å².